The Hall–Kier alpha value is -2.71. The van der Waals surface area contributed by atoms with E-state index in [9.17, 15) is 4.79 Å². The van der Waals surface area contributed by atoms with Crippen LogP contribution in [0.15, 0.2) is 60.0 Å². The molecule has 1 unspecified atom stereocenters. The van der Waals surface area contributed by atoms with Crippen molar-refractivity contribution in [2.24, 2.45) is 0 Å². The third-order valence-corrected chi connectivity index (χ3v) is 5.42. The number of carbonyl (C=O) groups is 1. The first-order valence-electron chi connectivity index (χ1n) is 9.22. The Balaban J connectivity index is 1.49. The van der Waals surface area contributed by atoms with Gasteiger partial charge in [0, 0.05) is 30.3 Å². The van der Waals surface area contributed by atoms with Gasteiger partial charge in [0.25, 0.3) is 0 Å². The molecule has 0 saturated carbocycles. The minimum absolute atomic E-state index is 0.0756. The van der Waals surface area contributed by atoms with E-state index in [0.717, 1.165) is 36.5 Å². The molecule has 1 aliphatic heterocycles. The first-order chi connectivity index (χ1) is 13.8. The standard InChI is InChI=1S/C20H21N5O2S/c26-18(22-16-5-2-1-3-6-16)14-28-20-24-23-19(15-8-10-21-11-9-15)25(20)13-17-7-4-12-27-17/h1-3,5-6,8-11,17H,4,7,12-14H2,(H,22,26). The number of aromatic nitrogens is 4. The van der Waals surface area contributed by atoms with Crippen molar-refractivity contribution >= 4 is 23.4 Å². The number of pyridine rings is 1. The lowest BCUT2D eigenvalue weighted by Crippen LogP contribution is -2.18. The summed E-state index contributed by atoms with van der Waals surface area (Å²) in [5.41, 5.74) is 1.73. The number of anilines is 1. The number of hydrogen-bond acceptors (Lipinski definition) is 6. The maximum atomic E-state index is 12.3. The largest absolute Gasteiger partial charge is 0.376 e. The lowest BCUT2D eigenvalue weighted by atomic mass is 10.2. The van der Waals surface area contributed by atoms with Gasteiger partial charge in [-0.1, -0.05) is 30.0 Å². The summed E-state index contributed by atoms with van der Waals surface area (Å²) < 4.78 is 7.85. The molecule has 1 N–H and O–H groups in total. The Kier molecular flexibility index (Phi) is 5.98. The van der Waals surface area contributed by atoms with Crippen molar-refractivity contribution in [3.8, 4) is 11.4 Å². The molecule has 144 valence electrons. The molecule has 0 aliphatic carbocycles. The lowest BCUT2D eigenvalue weighted by molar-refractivity contribution is -0.113. The molecule has 1 saturated heterocycles. The van der Waals surface area contributed by atoms with Crippen LogP contribution in [0.2, 0.25) is 0 Å². The van der Waals surface area contributed by atoms with Gasteiger partial charge in [0.05, 0.1) is 18.4 Å². The highest BCUT2D eigenvalue weighted by Crippen LogP contribution is 2.26. The SMILES string of the molecule is O=C(CSc1nnc(-c2ccncc2)n1CC1CCCO1)Nc1ccccc1. The Morgan fingerprint density at radius 3 is 2.75 bits per heavy atom. The van der Waals surface area contributed by atoms with Crippen LogP contribution in [-0.4, -0.2) is 44.1 Å². The monoisotopic (exact) mass is 395 g/mol. The van der Waals surface area contributed by atoms with Crippen LogP contribution in [0.1, 0.15) is 12.8 Å². The quantitative estimate of drug-likeness (QED) is 0.619. The van der Waals surface area contributed by atoms with Crippen molar-refractivity contribution in [3.05, 3.63) is 54.9 Å². The zero-order valence-electron chi connectivity index (χ0n) is 15.3. The second kappa shape index (κ2) is 8.99. The van der Waals surface area contributed by atoms with Crippen molar-refractivity contribution in [2.45, 2.75) is 30.6 Å². The van der Waals surface area contributed by atoms with Crippen LogP contribution in [0.3, 0.4) is 0 Å². The van der Waals surface area contributed by atoms with E-state index in [2.05, 4.69) is 20.5 Å². The van der Waals surface area contributed by atoms with Crippen LogP contribution in [-0.2, 0) is 16.1 Å². The summed E-state index contributed by atoms with van der Waals surface area (Å²) in [4.78, 5) is 16.4. The summed E-state index contributed by atoms with van der Waals surface area (Å²) >= 11 is 1.38. The van der Waals surface area contributed by atoms with Crippen molar-refractivity contribution in [2.75, 3.05) is 17.7 Å². The van der Waals surface area contributed by atoms with Crippen LogP contribution in [0.5, 0.6) is 0 Å². The van der Waals surface area contributed by atoms with Crippen molar-refractivity contribution in [3.63, 3.8) is 0 Å². The molecule has 1 atom stereocenters. The number of para-hydroxylation sites is 1. The van der Waals surface area contributed by atoms with Crippen molar-refractivity contribution in [1.29, 1.82) is 0 Å². The van der Waals surface area contributed by atoms with Crippen LogP contribution < -0.4 is 5.32 Å². The van der Waals surface area contributed by atoms with E-state index >= 15 is 0 Å². The second-order valence-corrected chi connectivity index (χ2v) is 7.43. The fourth-order valence-electron chi connectivity index (χ4n) is 3.12. The smallest absolute Gasteiger partial charge is 0.234 e. The Morgan fingerprint density at radius 1 is 1.18 bits per heavy atom. The minimum atomic E-state index is -0.0756. The van der Waals surface area contributed by atoms with Gasteiger partial charge in [0.1, 0.15) is 0 Å². The van der Waals surface area contributed by atoms with E-state index in [-0.39, 0.29) is 17.8 Å². The normalized spacial score (nSPS) is 16.2. The number of hydrogen-bond donors (Lipinski definition) is 1. The molecule has 2 aromatic heterocycles. The lowest BCUT2D eigenvalue weighted by Gasteiger charge is -2.14. The van der Waals surface area contributed by atoms with Gasteiger partial charge in [0.2, 0.25) is 5.91 Å². The second-order valence-electron chi connectivity index (χ2n) is 6.49. The highest BCUT2D eigenvalue weighted by Gasteiger charge is 2.22. The topological polar surface area (TPSA) is 81.9 Å². The molecule has 28 heavy (non-hydrogen) atoms. The van der Waals surface area contributed by atoms with Crippen molar-refractivity contribution < 1.29 is 9.53 Å². The summed E-state index contributed by atoms with van der Waals surface area (Å²) in [6, 6.07) is 13.2. The molecule has 7 nitrogen and oxygen atoms in total. The fraction of sp³-hybridized carbons (Fsp3) is 0.300. The predicted molar refractivity (Wildman–Crippen MR) is 108 cm³/mol. The van der Waals surface area contributed by atoms with E-state index in [1.165, 1.54) is 11.8 Å². The molecule has 1 aromatic carbocycles. The summed E-state index contributed by atoms with van der Waals surface area (Å²) in [7, 11) is 0. The molecular formula is C20H21N5O2S. The Morgan fingerprint density at radius 2 is 2.00 bits per heavy atom. The van der Waals surface area contributed by atoms with Gasteiger partial charge >= 0.3 is 0 Å². The average molecular weight is 395 g/mol. The maximum Gasteiger partial charge on any atom is 0.234 e. The summed E-state index contributed by atoms with van der Waals surface area (Å²) in [6.07, 6.45) is 5.71. The number of benzene rings is 1. The molecule has 0 spiro atoms. The Labute approximate surface area is 167 Å². The maximum absolute atomic E-state index is 12.3. The molecule has 1 aliphatic rings. The highest BCUT2D eigenvalue weighted by atomic mass is 32.2. The number of nitrogens with one attached hydrogen (secondary N) is 1. The summed E-state index contributed by atoms with van der Waals surface area (Å²) in [5, 5.41) is 12.3. The number of thioether (sulfide) groups is 1. The predicted octanol–water partition coefficient (Wildman–Crippen LogP) is 3.25. The average Bonchev–Trinajstić information content (AvgIpc) is 3.38. The van der Waals surface area contributed by atoms with Gasteiger partial charge < -0.3 is 10.1 Å². The molecule has 3 heterocycles. The molecule has 1 amide bonds. The van der Waals surface area contributed by atoms with Crippen molar-refractivity contribution in [1.82, 2.24) is 19.7 Å². The summed E-state index contributed by atoms with van der Waals surface area (Å²) in [5.74, 6) is 0.951. The molecule has 3 aromatic rings. The van der Waals surface area contributed by atoms with E-state index in [1.807, 2.05) is 47.0 Å². The summed E-state index contributed by atoms with van der Waals surface area (Å²) in [6.45, 7) is 1.46. The minimum Gasteiger partial charge on any atom is -0.376 e. The number of nitrogens with zero attached hydrogens (tertiary/aromatic N) is 4. The van der Waals surface area contributed by atoms with Crippen LogP contribution in [0.4, 0.5) is 5.69 Å². The van der Waals surface area contributed by atoms with Gasteiger partial charge in [-0.15, -0.1) is 10.2 Å². The van der Waals surface area contributed by atoms with E-state index in [4.69, 9.17) is 4.74 Å². The number of ether oxygens (including phenoxy) is 1. The van der Waals surface area contributed by atoms with Gasteiger partial charge in [0.15, 0.2) is 11.0 Å². The number of amides is 1. The zero-order valence-corrected chi connectivity index (χ0v) is 16.1. The highest BCUT2D eigenvalue weighted by molar-refractivity contribution is 7.99. The van der Waals surface area contributed by atoms with E-state index in [0.29, 0.717) is 11.7 Å². The van der Waals surface area contributed by atoms with Gasteiger partial charge in [-0.3, -0.25) is 14.3 Å². The first kappa shape index (κ1) is 18.6. The van der Waals surface area contributed by atoms with Crippen LogP contribution >= 0.6 is 11.8 Å². The third-order valence-electron chi connectivity index (χ3n) is 4.46. The van der Waals surface area contributed by atoms with E-state index < -0.39 is 0 Å². The van der Waals surface area contributed by atoms with Gasteiger partial charge in [-0.2, -0.15) is 0 Å². The zero-order chi connectivity index (χ0) is 19.2. The van der Waals surface area contributed by atoms with E-state index in [1.54, 1.807) is 12.4 Å². The molecule has 1 fully saturated rings. The first-order valence-corrected chi connectivity index (χ1v) is 10.2. The molecular weight excluding hydrogens is 374 g/mol. The molecule has 4 rings (SSSR count). The van der Waals surface area contributed by atoms with Crippen LogP contribution in [0.25, 0.3) is 11.4 Å². The third kappa shape index (κ3) is 4.58. The van der Waals surface area contributed by atoms with Gasteiger partial charge in [-0.25, -0.2) is 0 Å². The Bertz CT molecular complexity index is 911. The van der Waals surface area contributed by atoms with Crippen LogP contribution in [0, 0.1) is 0 Å². The molecule has 8 heteroatoms. The number of rotatable bonds is 7. The molecule has 0 radical (unpaired) electrons. The number of carbonyl (C=O) groups excluding carboxylic acids is 1. The van der Waals surface area contributed by atoms with Gasteiger partial charge in [-0.05, 0) is 37.1 Å². The molecule has 0 bridgehead atoms. The fourth-order valence-corrected chi connectivity index (χ4v) is 3.86.